The highest BCUT2D eigenvalue weighted by molar-refractivity contribution is 5.80. The number of hydrogen-bond acceptors (Lipinski definition) is 4. The molecule has 0 bridgehead atoms. The molecule has 19 heavy (non-hydrogen) atoms. The molecule has 1 heterocycles. The summed E-state index contributed by atoms with van der Waals surface area (Å²) in [6, 6.07) is 0. The first-order valence-electron chi connectivity index (χ1n) is 6.75. The van der Waals surface area contributed by atoms with Crippen molar-refractivity contribution in [2.24, 2.45) is 0 Å². The van der Waals surface area contributed by atoms with Crippen molar-refractivity contribution in [3.05, 3.63) is 17.0 Å². The van der Waals surface area contributed by atoms with Gasteiger partial charge in [0, 0.05) is 5.69 Å². The second-order valence-electron chi connectivity index (χ2n) is 5.01. The van der Waals surface area contributed by atoms with E-state index in [9.17, 15) is 4.79 Å². The lowest BCUT2D eigenvalue weighted by molar-refractivity contribution is -0.148. The molecule has 0 fully saturated rings. The smallest absolute Gasteiger partial charge is 0.327 e. The van der Waals surface area contributed by atoms with Gasteiger partial charge in [-0.05, 0) is 39.3 Å². The minimum absolute atomic E-state index is 0.264. The van der Waals surface area contributed by atoms with Gasteiger partial charge in [-0.1, -0.05) is 13.8 Å². The van der Waals surface area contributed by atoms with Gasteiger partial charge in [0.2, 0.25) is 0 Å². The third kappa shape index (κ3) is 3.15. The lowest BCUT2D eigenvalue weighted by Gasteiger charge is -2.28. The van der Waals surface area contributed by atoms with Crippen molar-refractivity contribution >= 4 is 5.97 Å². The molecule has 1 rings (SSSR count). The topological polar surface area (TPSA) is 56.2 Å². The molecule has 1 atom stereocenters. The van der Waals surface area contributed by atoms with Gasteiger partial charge >= 0.3 is 5.97 Å². The third-order valence-electron chi connectivity index (χ3n) is 3.55. The number of ether oxygens (including phenoxy) is 1. The summed E-state index contributed by atoms with van der Waals surface area (Å²) in [6.07, 6.45) is 0.952. The Kier molecular flexibility index (Phi) is 5.11. The summed E-state index contributed by atoms with van der Waals surface area (Å²) >= 11 is 0. The van der Waals surface area contributed by atoms with Crippen molar-refractivity contribution in [2.75, 3.05) is 13.7 Å². The van der Waals surface area contributed by atoms with Crippen molar-refractivity contribution < 1.29 is 9.53 Å². The first-order valence-corrected chi connectivity index (χ1v) is 6.75. The third-order valence-corrected chi connectivity index (χ3v) is 3.55. The van der Waals surface area contributed by atoms with Crippen LogP contribution in [0.4, 0.5) is 0 Å². The largest absolute Gasteiger partial charge is 0.468 e. The van der Waals surface area contributed by atoms with Crippen LogP contribution in [-0.4, -0.2) is 34.9 Å². The molecule has 1 aromatic rings. The Labute approximate surface area is 115 Å². The lowest BCUT2D eigenvalue weighted by Crippen LogP contribution is -2.53. The standard InChI is InChI=1S/C14H25N3O2/c1-7-12-10(3)16-17(11(12)4)9-14(5,15-8-2)13(18)19-6/h15H,7-9H2,1-6H3. The van der Waals surface area contributed by atoms with Gasteiger partial charge in [-0.2, -0.15) is 5.10 Å². The Bertz CT molecular complexity index is 454. The normalized spacial score (nSPS) is 14.2. The van der Waals surface area contributed by atoms with Crippen molar-refractivity contribution in [3.63, 3.8) is 0 Å². The highest BCUT2D eigenvalue weighted by Crippen LogP contribution is 2.17. The Morgan fingerprint density at radius 3 is 2.47 bits per heavy atom. The molecule has 0 spiro atoms. The van der Waals surface area contributed by atoms with E-state index in [4.69, 9.17) is 4.74 Å². The van der Waals surface area contributed by atoms with Crippen LogP contribution in [0.5, 0.6) is 0 Å². The fourth-order valence-corrected chi connectivity index (χ4v) is 2.51. The van der Waals surface area contributed by atoms with E-state index >= 15 is 0 Å². The van der Waals surface area contributed by atoms with Gasteiger partial charge in [-0.3, -0.25) is 4.68 Å². The first kappa shape index (κ1) is 15.7. The molecule has 1 aromatic heterocycles. The van der Waals surface area contributed by atoms with Gasteiger partial charge in [0.25, 0.3) is 0 Å². The predicted molar refractivity (Wildman–Crippen MR) is 75.2 cm³/mol. The second-order valence-corrected chi connectivity index (χ2v) is 5.01. The average Bonchev–Trinajstić information content (AvgIpc) is 2.63. The van der Waals surface area contributed by atoms with E-state index in [0.717, 1.165) is 17.8 Å². The summed E-state index contributed by atoms with van der Waals surface area (Å²) < 4.78 is 6.80. The molecule has 0 aliphatic rings. The molecule has 0 aliphatic carbocycles. The fraction of sp³-hybridized carbons (Fsp3) is 0.714. The number of nitrogens with zero attached hydrogens (tertiary/aromatic N) is 2. The van der Waals surface area contributed by atoms with Crippen LogP contribution in [0.2, 0.25) is 0 Å². The highest BCUT2D eigenvalue weighted by atomic mass is 16.5. The van der Waals surface area contributed by atoms with Gasteiger partial charge in [-0.15, -0.1) is 0 Å². The fourth-order valence-electron chi connectivity index (χ4n) is 2.51. The van der Waals surface area contributed by atoms with Crippen LogP contribution in [0.1, 0.15) is 37.7 Å². The molecule has 1 unspecified atom stereocenters. The quantitative estimate of drug-likeness (QED) is 0.796. The van der Waals surface area contributed by atoms with Crippen molar-refractivity contribution in [2.45, 2.75) is 53.1 Å². The van der Waals surface area contributed by atoms with E-state index in [2.05, 4.69) is 17.3 Å². The van der Waals surface area contributed by atoms with Crippen LogP contribution >= 0.6 is 0 Å². The number of aromatic nitrogens is 2. The predicted octanol–water partition coefficient (Wildman–Crippen LogP) is 1.60. The molecular formula is C14H25N3O2. The number of methoxy groups -OCH3 is 1. The summed E-state index contributed by atoms with van der Waals surface area (Å²) in [4.78, 5) is 12.0. The number of rotatable bonds is 6. The molecular weight excluding hydrogens is 242 g/mol. The van der Waals surface area contributed by atoms with E-state index in [-0.39, 0.29) is 5.97 Å². The van der Waals surface area contributed by atoms with Gasteiger partial charge < -0.3 is 10.1 Å². The van der Waals surface area contributed by atoms with Crippen LogP contribution in [0.3, 0.4) is 0 Å². The first-order chi connectivity index (χ1) is 8.89. The zero-order valence-electron chi connectivity index (χ0n) is 12.8. The number of hydrogen-bond donors (Lipinski definition) is 1. The van der Waals surface area contributed by atoms with Crippen LogP contribution in [0, 0.1) is 13.8 Å². The Balaban J connectivity index is 3.07. The summed E-state index contributed by atoms with van der Waals surface area (Å²) in [7, 11) is 1.41. The van der Waals surface area contributed by atoms with E-state index in [1.54, 1.807) is 0 Å². The molecule has 0 aromatic carbocycles. The Morgan fingerprint density at radius 1 is 1.42 bits per heavy atom. The second kappa shape index (κ2) is 6.19. The number of esters is 1. The van der Waals surface area contributed by atoms with Crippen molar-refractivity contribution in [1.82, 2.24) is 15.1 Å². The summed E-state index contributed by atoms with van der Waals surface area (Å²) in [5.41, 5.74) is 2.65. The molecule has 0 radical (unpaired) electrons. The van der Waals surface area contributed by atoms with E-state index in [0.29, 0.717) is 13.1 Å². The summed E-state index contributed by atoms with van der Waals surface area (Å²) in [5.74, 6) is -0.264. The van der Waals surface area contributed by atoms with E-state index in [1.165, 1.54) is 12.7 Å². The maximum absolute atomic E-state index is 12.0. The maximum Gasteiger partial charge on any atom is 0.327 e. The minimum Gasteiger partial charge on any atom is -0.468 e. The molecule has 5 heteroatoms. The van der Waals surface area contributed by atoms with E-state index < -0.39 is 5.54 Å². The van der Waals surface area contributed by atoms with Crippen molar-refractivity contribution in [3.8, 4) is 0 Å². The minimum atomic E-state index is -0.752. The molecule has 0 amide bonds. The number of aryl methyl sites for hydroxylation is 1. The lowest BCUT2D eigenvalue weighted by atomic mass is 10.0. The van der Waals surface area contributed by atoms with Gasteiger partial charge in [0.15, 0.2) is 0 Å². The molecule has 0 saturated carbocycles. The SMILES string of the molecule is CCNC(C)(Cn1nc(C)c(CC)c1C)C(=O)OC. The number of carbonyl (C=O) groups is 1. The number of nitrogens with one attached hydrogen (secondary N) is 1. The number of carbonyl (C=O) groups excluding carboxylic acids is 1. The van der Waals surface area contributed by atoms with Crippen molar-refractivity contribution in [1.29, 1.82) is 0 Å². The van der Waals surface area contributed by atoms with Crippen LogP contribution in [0.25, 0.3) is 0 Å². The number of likely N-dealkylation sites (N-methyl/N-ethyl adjacent to an activating group) is 1. The maximum atomic E-state index is 12.0. The van der Waals surface area contributed by atoms with Crippen LogP contribution in [0.15, 0.2) is 0 Å². The molecule has 5 nitrogen and oxygen atoms in total. The zero-order chi connectivity index (χ0) is 14.6. The molecule has 1 N–H and O–H groups in total. The molecule has 108 valence electrons. The molecule has 0 saturated heterocycles. The van der Waals surface area contributed by atoms with Crippen LogP contribution < -0.4 is 5.32 Å². The van der Waals surface area contributed by atoms with Gasteiger partial charge in [-0.25, -0.2) is 4.79 Å². The monoisotopic (exact) mass is 267 g/mol. The molecule has 0 aliphatic heterocycles. The van der Waals surface area contributed by atoms with E-state index in [1.807, 2.05) is 32.4 Å². The summed E-state index contributed by atoms with van der Waals surface area (Å²) in [5, 5.41) is 7.73. The van der Waals surface area contributed by atoms with Gasteiger partial charge in [0.1, 0.15) is 5.54 Å². The van der Waals surface area contributed by atoms with Gasteiger partial charge in [0.05, 0.1) is 19.3 Å². The summed E-state index contributed by atoms with van der Waals surface area (Å²) in [6.45, 7) is 11.2. The Morgan fingerprint density at radius 2 is 2.05 bits per heavy atom. The Hall–Kier alpha value is -1.36. The zero-order valence-corrected chi connectivity index (χ0v) is 12.8. The highest BCUT2D eigenvalue weighted by Gasteiger charge is 2.35. The van der Waals surface area contributed by atoms with Crippen LogP contribution in [-0.2, 0) is 22.5 Å². The average molecular weight is 267 g/mol.